The number of anilines is 2. The van der Waals surface area contributed by atoms with Crippen molar-refractivity contribution < 1.29 is 9.59 Å². The van der Waals surface area contributed by atoms with Crippen LogP contribution in [0.2, 0.25) is 5.02 Å². The van der Waals surface area contributed by atoms with Crippen molar-refractivity contribution in [1.29, 1.82) is 0 Å². The molecule has 0 saturated carbocycles. The number of thioether (sulfide) groups is 1. The van der Waals surface area contributed by atoms with Gasteiger partial charge in [-0.25, -0.2) is 9.67 Å². The average molecular weight is 481 g/mol. The Bertz CT molecular complexity index is 1470. The van der Waals surface area contributed by atoms with Gasteiger partial charge in [-0.1, -0.05) is 41.6 Å². The number of carbonyl (C=O) groups excluding carboxylic acids is 2. The Morgan fingerprint density at radius 3 is 2.82 bits per heavy atom. The number of aromatic amines is 1. The van der Waals surface area contributed by atoms with Crippen molar-refractivity contribution in [3.63, 3.8) is 0 Å². The van der Waals surface area contributed by atoms with Crippen LogP contribution in [0.3, 0.4) is 0 Å². The Morgan fingerprint density at radius 1 is 1.18 bits per heavy atom. The van der Waals surface area contributed by atoms with Gasteiger partial charge in [-0.15, -0.1) is 0 Å². The summed E-state index contributed by atoms with van der Waals surface area (Å²) >= 11 is 7.20. The van der Waals surface area contributed by atoms with Crippen LogP contribution in [-0.4, -0.2) is 43.4 Å². The second kappa shape index (κ2) is 8.38. The Labute approximate surface area is 196 Å². The summed E-state index contributed by atoms with van der Waals surface area (Å²) in [7, 11) is 0. The van der Waals surface area contributed by atoms with Crippen LogP contribution >= 0.6 is 23.4 Å². The number of H-pyrrole nitrogens is 1. The summed E-state index contributed by atoms with van der Waals surface area (Å²) in [5.74, 6) is -0.536. The van der Waals surface area contributed by atoms with E-state index in [1.54, 1.807) is 55.5 Å². The number of para-hydroxylation sites is 2. The van der Waals surface area contributed by atoms with Crippen molar-refractivity contribution in [3.8, 4) is 5.69 Å². The SMILES string of the molecule is CC(Sc1nc2c(cnn2-c2cccc(Cl)c2)c(=O)[nH]1)C(=O)N1CC(=O)Nc2ccccc21. The molecule has 0 fully saturated rings. The molecule has 2 aromatic heterocycles. The first kappa shape index (κ1) is 21.2. The van der Waals surface area contributed by atoms with Crippen LogP contribution < -0.4 is 15.8 Å². The second-order valence-electron chi connectivity index (χ2n) is 7.39. The van der Waals surface area contributed by atoms with E-state index in [-0.39, 0.29) is 29.1 Å². The number of rotatable bonds is 4. The minimum atomic E-state index is -0.618. The first-order valence-electron chi connectivity index (χ1n) is 10.0. The molecule has 0 spiro atoms. The van der Waals surface area contributed by atoms with Gasteiger partial charge >= 0.3 is 0 Å². The predicted octanol–water partition coefficient (Wildman–Crippen LogP) is 3.23. The van der Waals surface area contributed by atoms with Gasteiger partial charge < -0.3 is 10.3 Å². The summed E-state index contributed by atoms with van der Waals surface area (Å²) in [6, 6.07) is 14.2. The predicted molar refractivity (Wildman–Crippen MR) is 127 cm³/mol. The Morgan fingerprint density at radius 2 is 2.00 bits per heavy atom. The number of halogens is 1. The number of benzene rings is 2. The van der Waals surface area contributed by atoms with Gasteiger partial charge in [-0.05, 0) is 37.3 Å². The van der Waals surface area contributed by atoms with Crippen LogP contribution in [0.1, 0.15) is 6.92 Å². The highest BCUT2D eigenvalue weighted by atomic mass is 35.5. The van der Waals surface area contributed by atoms with Crippen LogP contribution in [0.25, 0.3) is 16.7 Å². The minimum absolute atomic E-state index is 0.0781. The fraction of sp³-hybridized carbons (Fsp3) is 0.136. The molecule has 1 unspecified atom stereocenters. The molecular weight excluding hydrogens is 464 g/mol. The molecule has 0 radical (unpaired) electrons. The molecule has 0 aliphatic carbocycles. The average Bonchev–Trinajstić information content (AvgIpc) is 3.22. The van der Waals surface area contributed by atoms with Gasteiger partial charge in [-0.3, -0.25) is 19.3 Å². The summed E-state index contributed by atoms with van der Waals surface area (Å²) in [5, 5.41) is 7.54. The highest BCUT2D eigenvalue weighted by Gasteiger charge is 2.30. The van der Waals surface area contributed by atoms with Crippen molar-refractivity contribution in [3.05, 3.63) is 70.1 Å². The standard InChI is InChI=1S/C22H17ClN6O3S/c1-12(21(32)28-11-18(30)25-16-7-2-3-8-17(16)28)33-22-26-19-15(20(31)27-22)10-24-29(19)14-6-4-5-13(23)9-14/h2-10,12H,11H2,1H3,(H,25,30)(H,26,27,31). The van der Waals surface area contributed by atoms with Gasteiger partial charge in [-0.2, -0.15) is 5.10 Å². The van der Waals surface area contributed by atoms with E-state index < -0.39 is 5.25 Å². The molecule has 1 atom stereocenters. The number of nitrogens with one attached hydrogen (secondary N) is 2. The van der Waals surface area contributed by atoms with Gasteiger partial charge in [0.15, 0.2) is 10.8 Å². The molecule has 4 aromatic rings. The van der Waals surface area contributed by atoms with Gasteiger partial charge in [0.05, 0.1) is 28.5 Å². The fourth-order valence-corrected chi connectivity index (χ4v) is 4.66. The zero-order valence-electron chi connectivity index (χ0n) is 17.3. The minimum Gasteiger partial charge on any atom is -0.323 e. The lowest BCUT2D eigenvalue weighted by atomic mass is 10.2. The highest BCUT2D eigenvalue weighted by molar-refractivity contribution is 8.00. The summed E-state index contributed by atoms with van der Waals surface area (Å²) in [6.45, 7) is 1.63. The van der Waals surface area contributed by atoms with E-state index in [0.29, 0.717) is 33.1 Å². The van der Waals surface area contributed by atoms with Crippen LogP contribution in [0.15, 0.2) is 64.7 Å². The molecule has 1 aliphatic rings. The number of aromatic nitrogens is 4. The third-order valence-electron chi connectivity index (χ3n) is 5.14. The van der Waals surface area contributed by atoms with E-state index in [0.717, 1.165) is 11.8 Å². The van der Waals surface area contributed by atoms with E-state index >= 15 is 0 Å². The van der Waals surface area contributed by atoms with Gasteiger partial charge in [0, 0.05) is 5.02 Å². The lowest BCUT2D eigenvalue weighted by Crippen LogP contribution is -2.45. The lowest BCUT2D eigenvalue weighted by Gasteiger charge is -2.30. The van der Waals surface area contributed by atoms with Gasteiger partial charge in [0.2, 0.25) is 11.8 Å². The molecular formula is C22H17ClN6O3S. The van der Waals surface area contributed by atoms with E-state index in [1.807, 2.05) is 0 Å². The first-order valence-corrected chi connectivity index (χ1v) is 11.3. The molecule has 2 N–H and O–H groups in total. The number of hydrogen-bond acceptors (Lipinski definition) is 6. The van der Waals surface area contributed by atoms with Crippen molar-refractivity contribution in [1.82, 2.24) is 19.7 Å². The van der Waals surface area contributed by atoms with Crippen LogP contribution in [0, 0.1) is 0 Å². The Kier molecular flexibility index (Phi) is 5.39. The van der Waals surface area contributed by atoms with E-state index in [4.69, 9.17) is 11.6 Å². The molecule has 1 aliphatic heterocycles. The second-order valence-corrected chi connectivity index (χ2v) is 9.16. The maximum absolute atomic E-state index is 13.2. The molecule has 9 nitrogen and oxygen atoms in total. The monoisotopic (exact) mass is 480 g/mol. The smallest absolute Gasteiger partial charge is 0.262 e. The van der Waals surface area contributed by atoms with Crippen LogP contribution in [-0.2, 0) is 9.59 Å². The number of fused-ring (bicyclic) bond motifs is 2. The molecule has 0 bridgehead atoms. The summed E-state index contributed by atoms with van der Waals surface area (Å²) in [5.41, 5.74) is 1.86. The third-order valence-corrected chi connectivity index (χ3v) is 6.35. The first-order chi connectivity index (χ1) is 15.9. The van der Waals surface area contributed by atoms with Crippen LogP contribution in [0.4, 0.5) is 11.4 Å². The topological polar surface area (TPSA) is 113 Å². The van der Waals surface area contributed by atoms with Crippen molar-refractivity contribution in [2.45, 2.75) is 17.3 Å². The summed E-state index contributed by atoms with van der Waals surface area (Å²) in [4.78, 5) is 46.6. The van der Waals surface area contributed by atoms with E-state index in [1.165, 1.54) is 15.8 Å². The molecule has 0 saturated heterocycles. The van der Waals surface area contributed by atoms with E-state index in [2.05, 4.69) is 20.4 Å². The molecule has 3 heterocycles. The maximum Gasteiger partial charge on any atom is 0.262 e. The number of amides is 2. The molecule has 11 heteroatoms. The zero-order valence-corrected chi connectivity index (χ0v) is 18.9. The van der Waals surface area contributed by atoms with E-state index in [9.17, 15) is 14.4 Å². The fourth-order valence-electron chi connectivity index (χ4n) is 3.62. The Hall–Kier alpha value is -3.63. The quantitative estimate of drug-likeness (QED) is 0.342. The summed E-state index contributed by atoms with van der Waals surface area (Å²) in [6.07, 6.45) is 1.44. The molecule has 2 aromatic carbocycles. The molecule has 5 rings (SSSR count). The lowest BCUT2D eigenvalue weighted by molar-refractivity contribution is -0.121. The highest BCUT2D eigenvalue weighted by Crippen LogP contribution is 2.31. The van der Waals surface area contributed by atoms with Crippen molar-refractivity contribution in [2.75, 3.05) is 16.8 Å². The number of nitrogens with zero attached hydrogens (tertiary/aromatic N) is 4. The summed E-state index contributed by atoms with van der Waals surface area (Å²) < 4.78 is 1.53. The van der Waals surface area contributed by atoms with Crippen LogP contribution in [0.5, 0.6) is 0 Å². The zero-order chi connectivity index (χ0) is 23.1. The molecule has 2 amide bonds. The Balaban J connectivity index is 1.46. The molecule has 166 valence electrons. The maximum atomic E-state index is 13.2. The largest absolute Gasteiger partial charge is 0.323 e. The normalized spacial score (nSPS) is 14.1. The van der Waals surface area contributed by atoms with Gasteiger partial charge in [0.25, 0.3) is 5.56 Å². The van der Waals surface area contributed by atoms with Crippen molar-refractivity contribution >= 4 is 57.6 Å². The van der Waals surface area contributed by atoms with Gasteiger partial charge in [0.1, 0.15) is 11.9 Å². The van der Waals surface area contributed by atoms with Crippen molar-refractivity contribution in [2.24, 2.45) is 0 Å². The molecule has 33 heavy (non-hydrogen) atoms. The number of carbonyl (C=O) groups is 2. The third kappa shape index (κ3) is 3.98. The number of hydrogen-bond donors (Lipinski definition) is 2.